The fraction of sp³-hybridized carbons (Fsp3) is 0.235. The number of anilines is 1. The summed E-state index contributed by atoms with van der Waals surface area (Å²) in [4.78, 5) is 14.3. The van der Waals surface area contributed by atoms with Gasteiger partial charge in [-0.15, -0.1) is 0 Å². The Bertz CT molecular complexity index is 652. The highest BCUT2D eigenvalue weighted by Gasteiger charge is 2.20. The maximum atomic E-state index is 12.6. The molecule has 0 fully saturated rings. The van der Waals surface area contributed by atoms with Gasteiger partial charge in [-0.3, -0.25) is 4.79 Å². The van der Waals surface area contributed by atoms with Crippen molar-refractivity contribution in [2.24, 2.45) is 0 Å². The molecule has 0 aliphatic carbocycles. The molecule has 0 saturated carbocycles. The predicted molar refractivity (Wildman–Crippen MR) is 87.6 cm³/mol. The second-order valence-corrected chi connectivity index (χ2v) is 5.67. The largest absolute Gasteiger partial charge is 0.398 e. The molecule has 0 aromatic heterocycles. The van der Waals surface area contributed by atoms with Crippen LogP contribution in [0.4, 0.5) is 5.69 Å². The number of aryl methyl sites for hydroxylation is 1. The van der Waals surface area contributed by atoms with Gasteiger partial charge in [-0.2, -0.15) is 0 Å². The molecule has 2 N–H and O–H groups in total. The van der Waals surface area contributed by atoms with E-state index in [0.29, 0.717) is 16.3 Å². The van der Waals surface area contributed by atoms with E-state index < -0.39 is 0 Å². The Morgan fingerprint density at radius 2 is 1.81 bits per heavy atom. The molecule has 1 atom stereocenters. The molecule has 0 heterocycles. The Morgan fingerprint density at radius 1 is 1.19 bits per heavy atom. The van der Waals surface area contributed by atoms with Crippen molar-refractivity contribution in [3.05, 3.63) is 64.2 Å². The van der Waals surface area contributed by atoms with Crippen molar-refractivity contribution in [3.8, 4) is 0 Å². The zero-order chi connectivity index (χ0) is 15.6. The summed E-state index contributed by atoms with van der Waals surface area (Å²) in [7, 11) is 1.78. The highest BCUT2D eigenvalue weighted by atomic mass is 35.5. The molecular formula is C17H19ClN2O. The Hall–Kier alpha value is -2.00. The van der Waals surface area contributed by atoms with Crippen LogP contribution in [0.1, 0.15) is 34.5 Å². The molecule has 4 heteroatoms. The smallest absolute Gasteiger partial charge is 0.256 e. The van der Waals surface area contributed by atoms with Crippen LogP contribution in [0.5, 0.6) is 0 Å². The first-order valence-electron chi connectivity index (χ1n) is 6.79. The van der Waals surface area contributed by atoms with Gasteiger partial charge in [-0.1, -0.05) is 35.4 Å². The van der Waals surface area contributed by atoms with E-state index in [4.69, 9.17) is 17.3 Å². The van der Waals surface area contributed by atoms with E-state index in [2.05, 4.69) is 0 Å². The Balaban J connectivity index is 2.26. The van der Waals surface area contributed by atoms with Gasteiger partial charge in [0, 0.05) is 17.8 Å². The lowest BCUT2D eigenvalue weighted by atomic mass is 10.0. The van der Waals surface area contributed by atoms with E-state index >= 15 is 0 Å². The van der Waals surface area contributed by atoms with Gasteiger partial charge in [-0.05, 0) is 43.7 Å². The molecule has 2 aromatic carbocycles. The summed E-state index contributed by atoms with van der Waals surface area (Å²) >= 11 is 5.90. The van der Waals surface area contributed by atoms with Gasteiger partial charge >= 0.3 is 0 Å². The van der Waals surface area contributed by atoms with E-state index in [0.717, 1.165) is 11.1 Å². The Kier molecular flexibility index (Phi) is 4.53. The molecular weight excluding hydrogens is 284 g/mol. The summed E-state index contributed by atoms with van der Waals surface area (Å²) in [6.45, 7) is 3.92. The number of carbonyl (C=O) groups is 1. The summed E-state index contributed by atoms with van der Waals surface area (Å²) in [6.07, 6.45) is 0. The van der Waals surface area contributed by atoms with Crippen LogP contribution in [0.15, 0.2) is 42.5 Å². The average molecular weight is 303 g/mol. The first-order valence-corrected chi connectivity index (χ1v) is 7.16. The van der Waals surface area contributed by atoms with Crippen molar-refractivity contribution in [1.29, 1.82) is 0 Å². The minimum atomic E-state index is -0.0846. The first-order chi connectivity index (χ1) is 9.90. The first kappa shape index (κ1) is 15.4. The predicted octanol–water partition coefficient (Wildman–Crippen LogP) is 4.06. The van der Waals surface area contributed by atoms with Gasteiger partial charge in [0.2, 0.25) is 0 Å². The standard InChI is InChI=1S/C17H19ClN2O/c1-11-4-9-16(19)15(10-11)17(21)20(3)12(2)13-5-7-14(18)8-6-13/h4-10,12H,19H2,1-3H3. The fourth-order valence-electron chi connectivity index (χ4n) is 2.19. The van der Waals surface area contributed by atoms with Crippen LogP contribution in [0.3, 0.4) is 0 Å². The second kappa shape index (κ2) is 6.19. The van der Waals surface area contributed by atoms with E-state index in [1.54, 1.807) is 18.0 Å². The van der Waals surface area contributed by atoms with E-state index in [9.17, 15) is 4.79 Å². The molecule has 1 amide bonds. The van der Waals surface area contributed by atoms with Gasteiger partial charge in [0.05, 0.1) is 11.6 Å². The number of nitrogen functional groups attached to an aromatic ring is 1. The van der Waals surface area contributed by atoms with E-state index in [1.165, 1.54) is 0 Å². The third kappa shape index (κ3) is 3.37. The SMILES string of the molecule is Cc1ccc(N)c(C(=O)N(C)C(C)c2ccc(Cl)cc2)c1. The van der Waals surface area contributed by atoms with Gasteiger partial charge < -0.3 is 10.6 Å². The number of halogens is 1. The maximum absolute atomic E-state index is 12.6. The number of benzene rings is 2. The summed E-state index contributed by atoms with van der Waals surface area (Å²) in [6, 6.07) is 12.9. The Labute approximate surface area is 130 Å². The van der Waals surface area contributed by atoms with Crippen molar-refractivity contribution >= 4 is 23.2 Å². The summed E-state index contributed by atoms with van der Waals surface area (Å²) < 4.78 is 0. The molecule has 0 spiro atoms. The zero-order valence-electron chi connectivity index (χ0n) is 12.4. The van der Waals surface area contributed by atoms with Crippen molar-refractivity contribution in [1.82, 2.24) is 4.90 Å². The molecule has 0 aliphatic rings. The Morgan fingerprint density at radius 3 is 2.43 bits per heavy atom. The van der Waals surface area contributed by atoms with Crippen LogP contribution in [0.2, 0.25) is 5.02 Å². The van der Waals surface area contributed by atoms with Crippen molar-refractivity contribution in [2.45, 2.75) is 19.9 Å². The molecule has 0 bridgehead atoms. The van der Waals surface area contributed by atoms with Crippen LogP contribution in [-0.2, 0) is 0 Å². The topological polar surface area (TPSA) is 46.3 Å². The number of hydrogen-bond acceptors (Lipinski definition) is 2. The number of nitrogens with zero attached hydrogens (tertiary/aromatic N) is 1. The number of carbonyl (C=O) groups excluding carboxylic acids is 1. The van der Waals surface area contributed by atoms with Crippen LogP contribution in [0.25, 0.3) is 0 Å². The van der Waals surface area contributed by atoms with E-state index in [1.807, 2.05) is 50.2 Å². The van der Waals surface area contributed by atoms with Gasteiger partial charge in [-0.25, -0.2) is 0 Å². The van der Waals surface area contributed by atoms with Crippen molar-refractivity contribution in [2.75, 3.05) is 12.8 Å². The molecule has 0 aliphatic heterocycles. The number of amides is 1. The minimum absolute atomic E-state index is 0.0605. The van der Waals surface area contributed by atoms with Crippen molar-refractivity contribution in [3.63, 3.8) is 0 Å². The minimum Gasteiger partial charge on any atom is -0.398 e. The molecule has 0 saturated heterocycles. The number of hydrogen-bond donors (Lipinski definition) is 1. The highest BCUT2D eigenvalue weighted by Crippen LogP contribution is 2.24. The summed E-state index contributed by atoms with van der Waals surface area (Å²) in [5, 5.41) is 0.683. The summed E-state index contributed by atoms with van der Waals surface area (Å²) in [5.74, 6) is -0.0846. The van der Waals surface area contributed by atoms with Crippen LogP contribution >= 0.6 is 11.6 Å². The average Bonchev–Trinajstić information content (AvgIpc) is 2.48. The summed E-state index contributed by atoms with van der Waals surface area (Å²) in [5.41, 5.74) is 9.01. The quantitative estimate of drug-likeness (QED) is 0.869. The highest BCUT2D eigenvalue weighted by molar-refractivity contribution is 6.30. The molecule has 2 rings (SSSR count). The second-order valence-electron chi connectivity index (χ2n) is 5.23. The lowest BCUT2D eigenvalue weighted by Gasteiger charge is -2.26. The number of nitrogens with two attached hydrogens (primary N) is 1. The lowest BCUT2D eigenvalue weighted by Crippen LogP contribution is -2.30. The monoisotopic (exact) mass is 302 g/mol. The van der Waals surface area contributed by atoms with Gasteiger partial charge in [0.25, 0.3) is 5.91 Å². The van der Waals surface area contributed by atoms with E-state index in [-0.39, 0.29) is 11.9 Å². The van der Waals surface area contributed by atoms with Gasteiger partial charge in [0.1, 0.15) is 0 Å². The third-order valence-corrected chi connectivity index (χ3v) is 3.94. The van der Waals surface area contributed by atoms with Crippen LogP contribution < -0.4 is 5.73 Å². The molecule has 2 aromatic rings. The molecule has 21 heavy (non-hydrogen) atoms. The normalized spacial score (nSPS) is 12.0. The van der Waals surface area contributed by atoms with Crippen LogP contribution in [-0.4, -0.2) is 17.9 Å². The molecule has 0 radical (unpaired) electrons. The van der Waals surface area contributed by atoms with Crippen molar-refractivity contribution < 1.29 is 4.79 Å². The zero-order valence-corrected chi connectivity index (χ0v) is 13.2. The third-order valence-electron chi connectivity index (χ3n) is 3.69. The van der Waals surface area contributed by atoms with Gasteiger partial charge in [0.15, 0.2) is 0 Å². The number of rotatable bonds is 3. The maximum Gasteiger partial charge on any atom is 0.256 e. The van der Waals surface area contributed by atoms with Crippen LogP contribution in [0, 0.1) is 6.92 Å². The molecule has 110 valence electrons. The fourth-order valence-corrected chi connectivity index (χ4v) is 2.31. The lowest BCUT2D eigenvalue weighted by molar-refractivity contribution is 0.0743. The molecule has 3 nitrogen and oxygen atoms in total. The molecule has 1 unspecified atom stereocenters.